The minimum absolute atomic E-state index is 0.0572. The fourth-order valence-electron chi connectivity index (χ4n) is 1.73. The number of hydrogen-bond acceptors (Lipinski definition) is 5. The largest absolute Gasteiger partial charge is 0.476 e. The highest BCUT2D eigenvalue weighted by molar-refractivity contribution is 5.91. The molecular weight excluding hydrogens is 258 g/mol. The monoisotopic (exact) mass is 281 g/mol. The van der Waals surface area contributed by atoms with E-state index in [1.165, 1.54) is 6.20 Å². The van der Waals surface area contributed by atoms with Gasteiger partial charge in [-0.25, -0.2) is 14.8 Å². The van der Waals surface area contributed by atoms with Gasteiger partial charge < -0.3 is 15.5 Å². The van der Waals surface area contributed by atoms with Crippen LogP contribution in [0.1, 0.15) is 62.8 Å². The van der Waals surface area contributed by atoms with Gasteiger partial charge in [0, 0.05) is 12.5 Å². The molecule has 0 saturated carbocycles. The van der Waals surface area contributed by atoms with E-state index in [0.29, 0.717) is 24.4 Å². The van der Waals surface area contributed by atoms with Crippen molar-refractivity contribution in [3.8, 4) is 0 Å². The molecule has 0 spiro atoms. The van der Waals surface area contributed by atoms with Gasteiger partial charge in [-0.1, -0.05) is 27.7 Å². The molecule has 1 heterocycles. The molecule has 0 aliphatic carbocycles. The van der Waals surface area contributed by atoms with E-state index in [4.69, 9.17) is 0 Å². The zero-order valence-corrected chi connectivity index (χ0v) is 12.5. The van der Waals surface area contributed by atoms with Gasteiger partial charge in [0.05, 0.1) is 17.5 Å². The third-order valence-corrected chi connectivity index (χ3v) is 3.45. The average molecular weight is 281 g/mol. The molecule has 0 unspecified atom stereocenters. The second-order valence-electron chi connectivity index (χ2n) is 5.24. The quantitative estimate of drug-likeness (QED) is 0.709. The molecule has 1 aromatic rings. The van der Waals surface area contributed by atoms with Crippen LogP contribution in [0.3, 0.4) is 0 Å². The molecule has 3 N–H and O–H groups in total. The number of nitrogens with zero attached hydrogens (tertiary/aromatic N) is 2. The molecular formula is C14H23N3O3. The number of carboxylic acid groups (broad SMARTS) is 1. The van der Waals surface area contributed by atoms with Crippen molar-refractivity contribution in [2.24, 2.45) is 0 Å². The minimum Gasteiger partial charge on any atom is -0.476 e. The van der Waals surface area contributed by atoms with Gasteiger partial charge >= 0.3 is 5.97 Å². The zero-order chi connectivity index (χ0) is 15.3. The molecule has 112 valence electrons. The summed E-state index contributed by atoms with van der Waals surface area (Å²) in [6.45, 7) is 7.86. The van der Waals surface area contributed by atoms with Gasteiger partial charge in [0.25, 0.3) is 0 Å². The van der Waals surface area contributed by atoms with Crippen molar-refractivity contribution in [1.29, 1.82) is 0 Å². The molecule has 0 fully saturated rings. The topological polar surface area (TPSA) is 95.3 Å². The lowest BCUT2D eigenvalue weighted by Crippen LogP contribution is -2.35. The molecule has 1 aromatic heterocycles. The second-order valence-corrected chi connectivity index (χ2v) is 5.24. The Morgan fingerprint density at radius 1 is 1.40 bits per heavy atom. The highest BCUT2D eigenvalue weighted by Gasteiger charge is 2.23. The van der Waals surface area contributed by atoms with E-state index in [2.05, 4.69) is 15.3 Å². The number of nitrogens with one attached hydrogen (secondary N) is 1. The van der Waals surface area contributed by atoms with Crippen LogP contribution in [0.15, 0.2) is 6.20 Å². The van der Waals surface area contributed by atoms with E-state index in [1.807, 2.05) is 27.7 Å². The summed E-state index contributed by atoms with van der Waals surface area (Å²) in [4.78, 5) is 19.5. The molecule has 0 atom stereocenters. The normalized spacial score (nSPS) is 11.7. The van der Waals surface area contributed by atoms with Gasteiger partial charge in [-0.15, -0.1) is 0 Å². The Hall–Kier alpha value is -1.69. The number of carboxylic acids is 1. The maximum atomic E-state index is 11.3. The Labute approximate surface area is 119 Å². The SMILES string of the molecule is CCC(O)(CC)CNc1cnc(C(C)C)nc1C(=O)O. The van der Waals surface area contributed by atoms with Crippen LogP contribution in [0.25, 0.3) is 0 Å². The van der Waals surface area contributed by atoms with Crippen LogP contribution in [0, 0.1) is 0 Å². The van der Waals surface area contributed by atoms with Crippen molar-refractivity contribution >= 4 is 11.7 Å². The lowest BCUT2D eigenvalue weighted by Gasteiger charge is -2.26. The van der Waals surface area contributed by atoms with Gasteiger partial charge in [0.1, 0.15) is 5.82 Å². The first-order valence-electron chi connectivity index (χ1n) is 6.89. The molecule has 6 heteroatoms. The third-order valence-electron chi connectivity index (χ3n) is 3.45. The van der Waals surface area contributed by atoms with Crippen LogP contribution >= 0.6 is 0 Å². The summed E-state index contributed by atoms with van der Waals surface area (Å²) in [7, 11) is 0. The molecule has 0 saturated heterocycles. The number of rotatable bonds is 7. The van der Waals surface area contributed by atoms with E-state index < -0.39 is 11.6 Å². The summed E-state index contributed by atoms with van der Waals surface area (Å²) < 4.78 is 0. The molecule has 20 heavy (non-hydrogen) atoms. The minimum atomic E-state index is -1.10. The Kier molecular flexibility index (Phi) is 5.44. The van der Waals surface area contributed by atoms with Crippen LogP contribution in [0.5, 0.6) is 0 Å². The van der Waals surface area contributed by atoms with E-state index >= 15 is 0 Å². The smallest absolute Gasteiger partial charge is 0.356 e. The predicted octanol–water partition coefficient (Wildman–Crippen LogP) is 2.26. The third kappa shape index (κ3) is 3.90. The fraction of sp³-hybridized carbons (Fsp3) is 0.643. The number of aromatic nitrogens is 2. The van der Waals surface area contributed by atoms with Gasteiger partial charge in [0.15, 0.2) is 5.69 Å². The van der Waals surface area contributed by atoms with Gasteiger partial charge in [0.2, 0.25) is 0 Å². The summed E-state index contributed by atoms with van der Waals surface area (Å²) in [6.07, 6.45) is 2.64. The Bertz CT molecular complexity index is 471. The fourth-order valence-corrected chi connectivity index (χ4v) is 1.73. The number of carbonyl (C=O) groups is 1. The summed E-state index contributed by atoms with van der Waals surface area (Å²) in [6, 6.07) is 0. The van der Waals surface area contributed by atoms with E-state index in [-0.39, 0.29) is 18.2 Å². The Balaban J connectivity index is 2.98. The molecule has 0 bridgehead atoms. The Morgan fingerprint density at radius 2 is 2.00 bits per heavy atom. The molecule has 0 amide bonds. The van der Waals surface area contributed by atoms with Crippen LogP contribution < -0.4 is 5.32 Å². The first kappa shape index (κ1) is 16.4. The Morgan fingerprint density at radius 3 is 2.45 bits per heavy atom. The highest BCUT2D eigenvalue weighted by Crippen LogP contribution is 2.20. The van der Waals surface area contributed by atoms with Crippen molar-refractivity contribution in [3.05, 3.63) is 17.7 Å². The summed E-state index contributed by atoms with van der Waals surface area (Å²) in [5.41, 5.74) is -0.576. The van der Waals surface area contributed by atoms with E-state index in [1.54, 1.807) is 0 Å². The predicted molar refractivity (Wildman–Crippen MR) is 77.1 cm³/mol. The molecule has 1 rings (SSSR count). The van der Waals surface area contributed by atoms with Crippen LogP contribution in [-0.2, 0) is 0 Å². The lowest BCUT2D eigenvalue weighted by molar-refractivity contribution is 0.0455. The van der Waals surface area contributed by atoms with Crippen molar-refractivity contribution in [1.82, 2.24) is 9.97 Å². The standard InChI is InChI=1S/C14H23N3O3/c1-5-14(20,6-2)8-16-10-7-15-12(9(3)4)17-11(10)13(18)19/h7,9,16,20H,5-6,8H2,1-4H3,(H,18,19). The van der Waals surface area contributed by atoms with Gasteiger partial charge in [-0.05, 0) is 12.8 Å². The van der Waals surface area contributed by atoms with Crippen LogP contribution in [0.2, 0.25) is 0 Å². The van der Waals surface area contributed by atoms with Crippen molar-refractivity contribution in [2.45, 2.75) is 52.1 Å². The molecule has 0 aliphatic rings. The van der Waals surface area contributed by atoms with Gasteiger partial charge in [-0.2, -0.15) is 0 Å². The van der Waals surface area contributed by atoms with Crippen LogP contribution in [0.4, 0.5) is 5.69 Å². The van der Waals surface area contributed by atoms with Crippen LogP contribution in [-0.4, -0.2) is 38.3 Å². The maximum absolute atomic E-state index is 11.3. The number of aliphatic hydroxyl groups is 1. The average Bonchev–Trinajstić information content (AvgIpc) is 2.44. The number of anilines is 1. The second kappa shape index (κ2) is 6.65. The maximum Gasteiger partial charge on any atom is 0.356 e. The first-order valence-corrected chi connectivity index (χ1v) is 6.89. The van der Waals surface area contributed by atoms with Crippen molar-refractivity contribution in [2.75, 3.05) is 11.9 Å². The first-order chi connectivity index (χ1) is 9.33. The summed E-state index contributed by atoms with van der Waals surface area (Å²) >= 11 is 0. The number of hydrogen-bond donors (Lipinski definition) is 3. The lowest BCUT2D eigenvalue weighted by atomic mass is 9.97. The zero-order valence-electron chi connectivity index (χ0n) is 12.5. The highest BCUT2D eigenvalue weighted by atomic mass is 16.4. The van der Waals surface area contributed by atoms with E-state index in [0.717, 1.165) is 0 Å². The van der Waals surface area contributed by atoms with E-state index in [9.17, 15) is 15.0 Å². The molecule has 6 nitrogen and oxygen atoms in total. The van der Waals surface area contributed by atoms with Crippen molar-refractivity contribution in [3.63, 3.8) is 0 Å². The van der Waals surface area contributed by atoms with Crippen molar-refractivity contribution < 1.29 is 15.0 Å². The molecule has 0 radical (unpaired) electrons. The molecule has 0 aliphatic heterocycles. The summed E-state index contributed by atoms with van der Waals surface area (Å²) in [5, 5.41) is 22.4. The van der Waals surface area contributed by atoms with Gasteiger partial charge in [-0.3, -0.25) is 0 Å². The number of aromatic carboxylic acids is 1. The molecule has 0 aromatic carbocycles. The summed E-state index contributed by atoms with van der Waals surface area (Å²) in [5.74, 6) is -0.548.